The minimum absolute atomic E-state index is 0.149. The Balaban J connectivity index is 2.09. The van der Waals surface area contributed by atoms with Crippen molar-refractivity contribution < 1.29 is 4.79 Å². The Kier molecular flexibility index (Phi) is 2.41. The lowest BCUT2D eigenvalue weighted by Crippen LogP contribution is -2.08. The van der Waals surface area contributed by atoms with Crippen LogP contribution in [0, 0.1) is 6.92 Å². The summed E-state index contributed by atoms with van der Waals surface area (Å²) < 4.78 is 0. The number of fused-ring (bicyclic) bond motifs is 1. The number of nitrogens with zero attached hydrogens (tertiary/aromatic N) is 2. The van der Waals surface area contributed by atoms with E-state index in [1.54, 1.807) is 18.5 Å². The molecule has 18 heavy (non-hydrogen) atoms. The third-order valence-electron chi connectivity index (χ3n) is 2.89. The van der Waals surface area contributed by atoms with Crippen molar-refractivity contribution in [3.8, 4) is 0 Å². The molecule has 0 aliphatic rings. The van der Waals surface area contributed by atoms with Crippen molar-refractivity contribution in [3.63, 3.8) is 0 Å². The Morgan fingerprint density at radius 1 is 1.22 bits per heavy atom. The second-order valence-corrected chi connectivity index (χ2v) is 4.12. The van der Waals surface area contributed by atoms with Crippen molar-refractivity contribution in [2.75, 3.05) is 0 Å². The summed E-state index contributed by atoms with van der Waals surface area (Å²) in [7, 11) is 0. The van der Waals surface area contributed by atoms with Crippen molar-refractivity contribution in [2.24, 2.45) is 0 Å². The van der Waals surface area contributed by atoms with Gasteiger partial charge in [-0.1, -0.05) is 24.3 Å². The van der Waals surface area contributed by atoms with E-state index in [9.17, 15) is 4.79 Å². The van der Waals surface area contributed by atoms with E-state index < -0.39 is 0 Å². The maximum absolute atomic E-state index is 12.3. The van der Waals surface area contributed by atoms with Gasteiger partial charge in [0, 0.05) is 23.3 Å². The SMILES string of the molecule is Cc1ccccc1C(=O)c1ncc2cc[nH]c2n1. The molecule has 1 N–H and O–H groups in total. The van der Waals surface area contributed by atoms with Crippen LogP contribution in [0.5, 0.6) is 0 Å². The van der Waals surface area contributed by atoms with Crippen molar-refractivity contribution in [2.45, 2.75) is 6.92 Å². The van der Waals surface area contributed by atoms with Crippen LogP contribution in [-0.2, 0) is 0 Å². The van der Waals surface area contributed by atoms with E-state index in [-0.39, 0.29) is 11.6 Å². The Morgan fingerprint density at radius 2 is 2.06 bits per heavy atom. The number of carbonyl (C=O) groups is 1. The molecule has 0 saturated carbocycles. The number of aryl methyl sites for hydroxylation is 1. The summed E-state index contributed by atoms with van der Waals surface area (Å²) in [6, 6.07) is 9.31. The largest absolute Gasteiger partial charge is 0.346 e. The highest BCUT2D eigenvalue weighted by Crippen LogP contribution is 2.13. The van der Waals surface area contributed by atoms with Crippen LogP contribution in [0.2, 0.25) is 0 Å². The highest BCUT2D eigenvalue weighted by molar-refractivity contribution is 6.08. The molecule has 4 nitrogen and oxygen atoms in total. The first-order chi connectivity index (χ1) is 8.75. The van der Waals surface area contributed by atoms with Gasteiger partial charge in [0.1, 0.15) is 5.65 Å². The van der Waals surface area contributed by atoms with E-state index in [1.807, 2.05) is 31.2 Å². The van der Waals surface area contributed by atoms with Crippen molar-refractivity contribution in [1.29, 1.82) is 0 Å². The highest BCUT2D eigenvalue weighted by Gasteiger charge is 2.14. The Labute approximate surface area is 104 Å². The van der Waals surface area contributed by atoms with Crippen molar-refractivity contribution in [3.05, 3.63) is 59.7 Å². The predicted molar refractivity (Wildman–Crippen MR) is 68.5 cm³/mol. The maximum atomic E-state index is 12.3. The van der Waals surface area contributed by atoms with Gasteiger partial charge in [0.15, 0.2) is 0 Å². The molecule has 4 heteroatoms. The minimum Gasteiger partial charge on any atom is -0.346 e. The van der Waals surface area contributed by atoms with Gasteiger partial charge in [0.25, 0.3) is 0 Å². The topological polar surface area (TPSA) is 58.6 Å². The van der Waals surface area contributed by atoms with Gasteiger partial charge in [-0.3, -0.25) is 4.79 Å². The molecule has 2 heterocycles. The monoisotopic (exact) mass is 237 g/mol. The van der Waals surface area contributed by atoms with Crippen LogP contribution in [0.3, 0.4) is 0 Å². The lowest BCUT2D eigenvalue weighted by molar-refractivity contribution is 0.102. The van der Waals surface area contributed by atoms with Gasteiger partial charge >= 0.3 is 0 Å². The summed E-state index contributed by atoms with van der Waals surface area (Å²) in [5.41, 5.74) is 2.25. The number of aromatic amines is 1. The van der Waals surface area contributed by atoms with E-state index in [2.05, 4.69) is 15.0 Å². The van der Waals surface area contributed by atoms with E-state index in [1.165, 1.54) is 0 Å². The fraction of sp³-hybridized carbons (Fsp3) is 0.0714. The summed E-state index contributed by atoms with van der Waals surface area (Å²) in [6.45, 7) is 1.90. The zero-order chi connectivity index (χ0) is 12.5. The van der Waals surface area contributed by atoms with Crippen LogP contribution in [0.1, 0.15) is 21.7 Å². The van der Waals surface area contributed by atoms with Gasteiger partial charge in [-0.25, -0.2) is 9.97 Å². The van der Waals surface area contributed by atoms with Crippen LogP contribution < -0.4 is 0 Å². The number of ketones is 1. The lowest BCUT2D eigenvalue weighted by Gasteiger charge is -2.03. The second-order valence-electron chi connectivity index (χ2n) is 4.12. The number of hydrogen-bond acceptors (Lipinski definition) is 3. The molecule has 2 aromatic heterocycles. The molecule has 0 unspecified atom stereocenters. The number of H-pyrrole nitrogens is 1. The molecule has 0 saturated heterocycles. The molecule has 0 atom stereocenters. The molecule has 0 fully saturated rings. The molecule has 88 valence electrons. The lowest BCUT2D eigenvalue weighted by atomic mass is 10.0. The first-order valence-electron chi connectivity index (χ1n) is 5.66. The Hall–Kier alpha value is -2.49. The summed E-state index contributed by atoms with van der Waals surface area (Å²) in [5.74, 6) is 0.0730. The molecule has 0 bridgehead atoms. The van der Waals surface area contributed by atoms with Crippen LogP contribution in [0.15, 0.2) is 42.7 Å². The quantitative estimate of drug-likeness (QED) is 0.696. The first-order valence-corrected chi connectivity index (χ1v) is 5.66. The molecule has 3 rings (SSSR count). The van der Waals surface area contributed by atoms with E-state index >= 15 is 0 Å². The van der Waals surface area contributed by atoms with E-state index in [0.29, 0.717) is 11.2 Å². The molecule has 0 aliphatic heterocycles. The molecule has 0 radical (unpaired) electrons. The summed E-state index contributed by atoms with van der Waals surface area (Å²) in [4.78, 5) is 23.6. The van der Waals surface area contributed by atoms with Crippen molar-refractivity contribution in [1.82, 2.24) is 15.0 Å². The summed E-state index contributed by atoms with van der Waals surface area (Å²) in [5, 5.41) is 0.899. The van der Waals surface area contributed by atoms with Crippen LogP contribution in [0.25, 0.3) is 11.0 Å². The molecule has 1 aromatic carbocycles. The zero-order valence-corrected chi connectivity index (χ0v) is 9.84. The molecule has 0 spiro atoms. The molecule has 3 aromatic rings. The van der Waals surface area contributed by atoms with Crippen LogP contribution >= 0.6 is 0 Å². The maximum Gasteiger partial charge on any atom is 0.230 e. The fourth-order valence-corrected chi connectivity index (χ4v) is 1.90. The zero-order valence-electron chi connectivity index (χ0n) is 9.84. The number of aromatic nitrogens is 3. The molecule has 0 aliphatic carbocycles. The number of hydrogen-bond donors (Lipinski definition) is 1. The van der Waals surface area contributed by atoms with Gasteiger partial charge in [-0.2, -0.15) is 0 Å². The van der Waals surface area contributed by atoms with Crippen molar-refractivity contribution >= 4 is 16.8 Å². The van der Waals surface area contributed by atoms with Crippen LogP contribution in [-0.4, -0.2) is 20.7 Å². The third kappa shape index (κ3) is 1.68. The minimum atomic E-state index is -0.149. The predicted octanol–water partition coefficient (Wildman–Crippen LogP) is 2.50. The van der Waals surface area contributed by atoms with Gasteiger partial charge < -0.3 is 4.98 Å². The first kappa shape index (κ1) is 10.7. The third-order valence-corrected chi connectivity index (χ3v) is 2.89. The standard InChI is InChI=1S/C14H11N3O/c1-9-4-2-3-5-11(9)12(18)14-16-8-10-6-7-15-13(10)17-14/h2-8H,1H3,(H,15,16,17). The summed E-state index contributed by atoms with van der Waals surface area (Å²) >= 11 is 0. The average Bonchev–Trinajstić information content (AvgIpc) is 2.85. The molecular formula is C14H11N3O. The highest BCUT2D eigenvalue weighted by atomic mass is 16.1. The van der Waals surface area contributed by atoms with Crippen LogP contribution in [0.4, 0.5) is 0 Å². The number of benzene rings is 1. The second kappa shape index (κ2) is 4.07. The number of rotatable bonds is 2. The number of carbonyl (C=O) groups excluding carboxylic acids is 1. The van der Waals surface area contributed by atoms with Gasteiger partial charge in [0.2, 0.25) is 11.6 Å². The van der Waals surface area contributed by atoms with Gasteiger partial charge in [0.05, 0.1) is 0 Å². The number of nitrogens with one attached hydrogen (secondary N) is 1. The Morgan fingerprint density at radius 3 is 2.89 bits per heavy atom. The fourth-order valence-electron chi connectivity index (χ4n) is 1.90. The van der Waals surface area contributed by atoms with Gasteiger partial charge in [-0.15, -0.1) is 0 Å². The summed E-state index contributed by atoms with van der Waals surface area (Å²) in [6.07, 6.45) is 3.44. The van der Waals surface area contributed by atoms with E-state index in [0.717, 1.165) is 10.9 Å². The normalized spacial score (nSPS) is 10.7. The smallest absolute Gasteiger partial charge is 0.230 e. The van der Waals surface area contributed by atoms with Gasteiger partial charge in [-0.05, 0) is 18.6 Å². The average molecular weight is 237 g/mol. The molecule has 0 amide bonds. The Bertz CT molecular complexity index is 730. The molecular weight excluding hydrogens is 226 g/mol. The van der Waals surface area contributed by atoms with E-state index in [4.69, 9.17) is 0 Å².